The molecule has 0 radical (unpaired) electrons. The van der Waals surface area contributed by atoms with Gasteiger partial charge >= 0.3 is 17.9 Å². The van der Waals surface area contributed by atoms with Crippen LogP contribution in [0.1, 0.15) is 64.7 Å². The van der Waals surface area contributed by atoms with E-state index in [0.717, 1.165) is 0 Å². The van der Waals surface area contributed by atoms with Gasteiger partial charge in [-0.1, -0.05) is 80.7 Å². The molecule has 1 saturated heterocycles. The monoisotopic (exact) mass is 686 g/mol. The molecule has 2 N–H and O–H groups in total. The molecule has 9 atom stereocenters. The summed E-state index contributed by atoms with van der Waals surface area (Å²) in [6, 6.07) is 8.12. The van der Waals surface area contributed by atoms with E-state index in [-0.39, 0.29) is 36.2 Å². The normalized spacial score (nSPS) is 38.9. The van der Waals surface area contributed by atoms with Crippen LogP contribution in [0.4, 0.5) is 0 Å². The number of carbonyl (C=O) groups is 4. The fourth-order valence-corrected chi connectivity index (χ4v) is 8.34. The van der Waals surface area contributed by atoms with Gasteiger partial charge in [-0.3, -0.25) is 9.59 Å². The number of aliphatic hydroxyl groups excluding tert-OH is 1. The van der Waals surface area contributed by atoms with Gasteiger partial charge in [0, 0.05) is 24.2 Å². The van der Waals surface area contributed by atoms with Gasteiger partial charge in [-0.25, -0.2) is 9.59 Å². The smallest absolute Gasteiger partial charge is 0.359 e. The average molecular weight is 688 g/mol. The van der Waals surface area contributed by atoms with Crippen molar-refractivity contribution in [3.05, 3.63) is 47.0 Å². The number of hydrogen-bond donors (Lipinski definition) is 2. The number of ketones is 1. The van der Waals surface area contributed by atoms with Gasteiger partial charge in [0.1, 0.15) is 17.8 Å². The Hall–Kier alpha value is -2.21. The van der Waals surface area contributed by atoms with Crippen molar-refractivity contribution in [1.29, 1.82) is 0 Å². The molecule has 1 aromatic rings. The Balaban J connectivity index is 1.83. The minimum Gasteiger partial charge on any atom is -0.455 e. The lowest BCUT2D eigenvalue weighted by molar-refractivity contribution is -0.340. The molecule has 4 aliphatic rings. The van der Waals surface area contributed by atoms with Crippen molar-refractivity contribution in [2.24, 2.45) is 22.7 Å². The van der Waals surface area contributed by atoms with Crippen molar-refractivity contribution < 1.29 is 48.3 Å². The van der Waals surface area contributed by atoms with Crippen LogP contribution in [-0.4, -0.2) is 79.9 Å². The molecule has 13 heteroatoms. The van der Waals surface area contributed by atoms with Gasteiger partial charge in [-0.05, 0) is 42.5 Å². The lowest BCUT2D eigenvalue weighted by Crippen LogP contribution is -2.80. The first-order valence-electron chi connectivity index (χ1n) is 14.7. The highest BCUT2D eigenvalue weighted by molar-refractivity contribution is 6.75. The fraction of sp³-hybridized carbons (Fsp3) is 0.625. The van der Waals surface area contributed by atoms with E-state index in [1.54, 1.807) is 65.0 Å². The van der Waals surface area contributed by atoms with Crippen LogP contribution in [0.2, 0.25) is 0 Å². The highest BCUT2D eigenvalue weighted by atomic mass is 35.6. The number of carbonyl (C=O) groups excluding carboxylic acids is 4. The second-order valence-electron chi connectivity index (χ2n) is 13.5. The number of hydrogen-bond acceptors (Lipinski definition) is 10. The molecule has 2 saturated carbocycles. The summed E-state index contributed by atoms with van der Waals surface area (Å²) in [5.74, 6) is -5.24. The average Bonchev–Trinajstić information content (AvgIpc) is 2.94. The Morgan fingerprint density at radius 3 is 2.22 bits per heavy atom. The minimum atomic E-state index is -2.55. The van der Waals surface area contributed by atoms with E-state index < -0.39 is 85.8 Å². The summed E-state index contributed by atoms with van der Waals surface area (Å²) in [7, 11) is 0. The maximum atomic E-state index is 15.2. The molecule has 1 aromatic carbocycles. The summed E-state index contributed by atoms with van der Waals surface area (Å²) in [6.45, 7) is 9.24. The topological polar surface area (TPSA) is 146 Å². The number of benzene rings is 1. The standard InChI is InChI=1S/C32H37Cl3O10/c1-15-12-20-30(14-42-20,45-17(3)36)23-25(44-26(39)18-10-8-7-9-11-18)31(41)13-19(37)16(2)21(28(31,4)5)22(24(38)29(15,23)6)43-27(40)32(33,34)35/h7-11,15,19-20,22-23,25,37,41H,12-14H2,1-6H3/t15-,19-,20+,22+,23-,25-,29+,30-,31+/m0/s1. The molecule has 246 valence electrons. The molecular weight excluding hydrogens is 651 g/mol. The Kier molecular flexibility index (Phi) is 8.50. The summed E-state index contributed by atoms with van der Waals surface area (Å²) < 4.78 is 21.4. The molecule has 2 bridgehead atoms. The van der Waals surface area contributed by atoms with Crippen LogP contribution >= 0.6 is 34.8 Å². The van der Waals surface area contributed by atoms with Gasteiger partial charge in [-0.15, -0.1) is 0 Å². The maximum Gasteiger partial charge on any atom is 0.359 e. The highest BCUT2D eigenvalue weighted by Gasteiger charge is 2.77. The van der Waals surface area contributed by atoms with Crippen LogP contribution in [0.3, 0.4) is 0 Å². The molecule has 3 fully saturated rings. The van der Waals surface area contributed by atoms with E-state index in [1.807, 2.05) is 0 Å². The third-order valence-corrected chi connectivity index (χ3v) is 11.3. The summed E-state index contributed by atoms with van der Waals surface area (Å²) in [5.41, 5.74) is -6.19. The predicted octanol–water partition coefficient (Wildman–Crippen LogP) is 4.28. The van der Waals surface area contributed by atoms with E-state index in [2.05, 4.69) is 0 Å². The van der Waals surface area contributed by atoms with Crippen molar-refractivity contribution in [2.45, 2.75) is 93.8 Å². The van der Waals surface area contributed by atoms with Gasteiger partial charge in [0.05, 0.1) is 24.2 Å². The van der Waals surface area contributed by atoms with Gasteiger partial charge < -0.3 is 29.2 Å². The quantitative estimate of drug-likeness (QED) is 0.204. The molecule has 3 aliphatic carbocycles. The Labute approximate surface area is 276 Å². The van der Waals surface area contributed by atoms with Crippen LogP contribution in [-0.2, 0) is 33.3 Å². The zero-order valence-electron chi connectivity index (χ0n) is 25.8. The summed E-state index contributed by atoms with van der Waals surface area (Å²) in [6.07, 6.45) is -5.41. The fourth-order valence-electron chi connectivity index (χ4n) is 8.21. The summed E-state index contributed by atoms with van der Waals surface area (Å²) in [4.78, 5) is 54.7. The van der Waals surface area contributed by atoms with Crippen molar-refractivity contribution in [2.75, 3.05) is 6.61 Å². The number of esters is 3. The lowest BCUT2D eigenvalue weighted by Gasteiger charge is -2.68. The number of ether oxygens (including phenoxy) is 4. The van der Waals surface area contributed by atoms with Crippen molar-refractivity contribution in [3.63, 3.8) is 0 Å². The first kappa shape index (κ1) is 34.1. The zero-order valence-corrected chi connectivity index (χ0v) is 28.0. The Morgan fingerprint density at radius 1 is 1.07 bits per heavy atom. The number of Topliss-reactive ketones (excluding diaryl/α,β-unsaturated/α-hetero) is 1. The van der Waals surface area contributed by atoms with Crippen LogP contribution in [0.15, 0.2) is 41.5 Å². The molecule has 0 unspecified atom stereocenters. The molecule has 0 amide bonds. The minimum absolute atomic E-state index is 0.0949. The van der Waals surface area contributed by atoms with Crippen molar-refractivity contribution in [1.82, 2.24) is 0 Å². The van der Waals surface area contributed by atoms with Gasteiger partial charge in [0.2, 0.25) is 0 Å². The van der Waals surface area contributed by atoms with Gasteiger partial charge in [0.15, 0.2) is 17.5 Å². The van der Waals surface area contributed by atoms with E-state index in [4.69, 9.17) is 53.8 Å². The zero-order chi connectivity index (χ0) is 33.5. The largest absolute Gasteiger partial charge is 0.455 e. The second-order valence-corrected chi connectivity index (χ2v) is 15.7. The SMILES string of the molecule is CC(=O)O[C@@]12CO[C@@H]1C[C@H](C)[C@@]1(C)C(=O)[C@H](OC(=O)C(Cl)(Cl)Cl)C3=C(C)[C@@H](O)C[C@@](O)([C@@H](OC(=O)c4ccccc4)[C@H]21)C3(C)C. The van der Waals surface area contributed by atoms with E-state index in [0.29, 0.717) is 0 Å². The van der Waals surface area contributed by atoms with E-state index in [9.17, 15) is 24.6 Å². The maximum absolute atomic E-state index is 15.2. The Bertz CT molecular complexity index is 1450. The van der Waals surface area contributed by atoms with Crippen molar-refractivity contribution in [3.8, 4) is 0 Å². The summed E-state index contributed by atoms with van der Waals surface area (Å²) in [5, 5.41) is 24.4. The molecule has 1 aliphatic heterocycles. The number of fused-ring (bicyclic) bond motifs is 5. The van der Waals surface area contributed by atoms with E-state index >= 15 is 4.79 Å². The van der Waals surface area contributed by atoms with Crippen LogP contribution in [0, 0.1) is 22.7 Å². The molecule has 5 rings (SSSR count). The molecule has 0 aromatic heterocycles. The molecular formula is C32H37Cl3O10. The molecule has 1 heterocycles. The predicted molar refractivity (Wildman–Crippen MR) is 162 cm³/mol. The first-order valence-corrected chi connectivity index (χ1v) is 15.9. The van der Waals surface area contributed by atoms with Crippen LogP contribution in [0.5, 0.6) is 0 Å². The number of rotatable bonds is 4. The third-order valence-electron chi connectivity index (χ3n) is 10.8. The van der Waals surface area contributed by atoms with Gasteiger partial charge in [0.25, 0.3) is 3.79 Å². The number of halogens is 3. The van der Waals surface area contributed by atoms with Crippen LogP contribution in [0.25, 0.3) is 0 Å². The molecule has 0 spiro atoms. The number of aliphatic hydroxyl groups is 2. The summed E-state index contributed by atoms with van der Waals surface area (Å²) >= 11 is 17.7. The first-order chi connectivity index (χ1) is 20.7. The number of alkyl halides is 3. The van der Waals surface area contributed by atoms with E-state index in [1.165, 1.54) is 6.92 Å². The van der Waals surface area contributed by atoms with Crippen molar-refractivity contribution >= 4 is 58.5 Å². The highest BCUT2D eigenvalue weighted by Crippen LogP contribution is 2.65. The van der Waals surface area contributed by atoms with Crippen LogP contribution < -0.4 is 0 Å². The molecule has 45 heavy (non-hydrogen) atoms. The lowest BCUT2D eigenvalue weighted by atomic mass is 9.43. The second kappa shape index (κ2) is 11.2. The van der Waals surface area contributed by atoms with Gasteiger partial charge in [-0.2, -0.15) is 0 Å². The Morgan fingerprint density at radius 2 is 1.69 bits per heavy atom. The third kappa shape index (κ3) is 5.02. The molecule has 10 nitrogen and oxygen atoms in total.